The highest BCUT2D eigenvalue weighted by atomic mass is 16.5. The number of imidazole rings is 1. The van der Waals surface area contributed by atoms with Crippen LogP contribution in [0.25, 0.3) is 0 Å². The van der Waals surface area contributed by atoms with Crippen molar-refractivity contribution < 1.29 is 14.3 Å². The fraction of sp³-hybridized carbons (Fsp3) is 0.500. The molecule has 7 heteroatoms. The van der Waals surface area contributed by atoms with Gasteiger partial charge in [-0.25, -0.2) is 4.98 Å². The van der Waals surface area contributed by atoms with Crippen molar-refractivity contribution in [1.29, 1.82) is 0 Å². The minimum atomic E-state index is -0.316. The van der Waals surface area contributed by atoms with Crippen LogP contribution in [0.2, 0.25) is 0 Å². The van der Waals surface area contributed by atoms with Crippen LogP contribution in [0, 0.1) is 5.92 Å². The van der Waals surface area contributed by atoms with Crippen molar-refractivity contribution in [2.45, 2.75) is 53.0 Å². The van der Waals surface area contributed by atoms with Gasteiger partial charge in [0.25, 0.3) is 11.8 Å². The highest BCUT2D eigenvalue weighted by molar-refractivity contribution is 6.05. The molecular weight excluding hydrogens is 368 g/mol. The molecule has 1 aliphatic heterocycles. The van der Waals surface area contributed by atoms with E-state index in [9.17, 15) is 9.59 Å². The molecule has 2 amide bonds. The molecule has 0 unspecified atom stereocenters. The van der Waals surface area contributed by atoms with Crippen LogP contribution in [0.1, 0.15) is 66.8 Å². The Balaban J connectivity index is 1.83. The van der Waals surface area contributed by atoms with Crippen LogP contribution in [0.4, 0.5) is 5.69 Å². The van der Waals surface area contributed by atoms with Gasteiger partial charge in [0.15, 0.2) is 11.5 Å². The SMILES string of the molecule is CCOc1ccccc1NC(=O)c1nc(C(=O)NCCC(C)C)n2c1CCCC2. The first-order chi connectivity index (χ1) is 14.0. The number of carbonyl (C=O) groups excluding carboxylic acids is 2. The van der Waals surface area contributed by atoms with Crippen molar-refractivity contribution in [2.24, 2.45) is 5.92 Å². The Hall–Kier alpha value is -2.83. The van der Waals surface area contributed by atoms with Gasteiger partial charge < -0.3 is 19.9 Å². The fourth-order valence-corrected chi connectivity index (χ4v) is 3.48. The molecule has 7 nitrogen and oxygen atoms in total. The average Bonchev–Trinajstić information content (AvgIpc) is 3.09. The van der Waals surface area contributed by atoms with Gasteiger partial charge in [-0.3, -0.25) is 9.59 Å². The maximum absolute atomic E-state index is 13.0. The first kappa shape index (κ1) is 20.9. The summed E-state index contributed by atoms with van der Waals surface area (Å²) in [6, 6.07) is 7.31. The first-order valence-electron chi connectivity index (χ1n) is 10.4. The van der Waals surface area contributed by atoms with E-state index < -0.39 is 0 Å². The Kier molecular flexibility index (Phi) is 6.90. The Labute approximate surface area is 171 Å². The van der Waals surface area contributed by atoms with E-state index in [4.69, 9.17) is 4.74 Å². The van der Waals surface area contributed by atoms with Crippen LogP contribution in [-0.2, 0) is 13.0 Å². The van der Waals surface area contributed by atoms with E-state index in [1.165, 1.54) is 0 Å². The van der Waals surface area contributed by atoms with Crippen molar-refractivity contribution in [2.75, 3.05) is 18.5 Å². The van der Waals surface area contributed by atoms with Crippen LogP contribution >= 0.6 is 0 Å². The molecule has 2 N–H and O–H groups in total. The predicted octanol–water partition coefficient (Wildman–Crippen LogP) is 3.65. The van der Waals surface area contributed by atoms with Crippen LogP contribution in [-0.4, -0.2) is 34.5 Å². The maximum atomic E-state index is 13.0. The smallest absolute Gasteiger partial charge is 0.287 e. The zero-order valence-corrected chi connectivity index (χ0v) is 17.5. The molecule has 0 radical (unpaired) electrons. The van der Waals surface area contributed by atoms with Gasteiger partial charge in [0.2, 0.25) is 0 Å². The minimum absolute atomic E-state index is 0.220. The molecule has 0 bridgehead atoms. The van der Waals surface area contributed by atoms with Gasteiger partial charge in [-0.15, -0.1) is 0 Å². The number of hydrogen-bond donors (Lipinski definition) is 2. The molecule has 0 atom stereocenters. The maximum Gasteiger partial charge on any atom is 0.287 e. The minimum Gasteiger partial charge on any atom is -0.492 e. The molecule has 0 saturated heterocycles. The number of amides is 2. The summed E-state index contributed by atoms with van der Waals surface area (Å²) in [6.07, 6.45) is 3.60. The number of anilines is 1. The van der Waals surface area contributed by atoms with E-state index in [0.717, 1.165) is 31.4 Å². The summed E-state index contributed by atoms with van der Waals surface area (Å²) in [4.78, 5) is 30.2. The van der Waals surface area contributed by atoms with E-state index in [1.54, 1.807) is 6.07 Å². The second-order valence-corrected chi connectivity index (χ2v) is 7.66. The molecule has 3 rings (SSSR count). The Morgan fingerprint density at radius 2 is 2.00 bits per heavy atom. The number of nitrogens with one attached hydrogen (secondary N) is 2. The van der Waals surface area contributed by atoms with Crippen LogP contribution in [0.5, 0.6) is 5.75 Å². The topological polar surface area (TPSA) is 85.2 Å². The second kappa shape index (κ2) is 9.58. The van der Waals surface area contributed by atoms with Gasteiger partial charge in [0.05, 0.1) is 18.0 Å². The number of para-hydroxylation sites is 2. The molecule has 0 spiro atoms. The van der Waals surface area contributed by atoms with Crippen molar-refractivity contribution in [1.82, 2.24) is 14.9 Å². The van der Waals surface area contributed by atoms with E-state index in [1.807, 2.05) is 29.7 Å². The van der Waals surface area contributed by atoms with E-state index in [-0.39, 0.29) is 11.8 Å². The summed E-state index contributed by atoms with van der Waals surface area (Å²) >= 11 is 0. The number of ether oxygens (including phenoxy) is 1. The number of carbonyl (C=O) groups is 2. The molecular formula is C22H30N4O3. The Morgan fingerprint density at radius 1 is 1.21 bits per heavy atom. The molecule has 29 heavy (non-hydrogen) atoms. The third kappa shape index (κ3) is 4.96. The summed E-state index contributed by atoms with van der Waals surface area (Å²) in [7, 11) is 0. The predicted molar refractivity (Wildman–Crippen MR) is 113 cm³/mol. The van der Waals surface area contributed by atoms with Gasteiger partial charge in [-0.2, -0.15) is 0 Å². The van der Waals surface area contributed by atoms with Gasteiger partial charge in [-0.05, 0) is 50.7 Å². The monoisotopic (exact) mass is 398 g/mol. The number of benzene rings is 1. The normalized spacial score (nSPS) is 13.1. The lowest BCUT2D eigenvalue weighted by molar-refractivity contribution is 0.0936. The average molecular weight is 399 g/mol. The standard InChI is InChI=1S/C22H30N4O3/c1-4-29-18-11-6-5-9-16(18)24-21(27)19-17-10-7-8-14-26(17)20(25-19)22(28)23-13-12-15(2)3/h5-6,9,11,15H,4,7-8,10,12-14H2,1-3H3,(H,23,28)(H,24,27). The summed E-state index contributed by atoms with van der Waals surface area (Å²) in [5, 5.41) is 5.83. The quantitative estimate of drug-likeness (QED) is 0.711. The number of fused-ring (bicyclic) bond motifs is 1. The molecule has 1 aromatic heterocycles. The largest absolute Gasteiger partial charge is 0.492 e. The zero-order valence-electron chi connectivity index (χ0n) is 17.5. The number of rotatable bonds is 8. The first-order valence-corrected chi connectivity index (χ1v) is 10.4. The third-order valence-electron chi connectivity index (χ3n) is 4.98. The van der Waals surface area contributed by atoms with Gasteiger partial charge in [0, 0.05) is 13.1 Å². The highest BCUT2D eigenvalue weighted by Crippen LogP contribution is 2.26. The van der Waals surface area contributed by atoms with Crippen LogP contribution in [0.3, 0.4) is 0 Å². The van der Waals surface area contributed by atoms with Crippen molar-refractivity contribution in [3.63, 3.8) is 0 Å². The highest BCUT2D eigenvalue weighted by Gasteiger charge is 2.27. The lowest BCUT2D eigenvalue weighted by Crippen LogP contribution is -2.29. The molecule has 156 valence electrons. The lowest BCUT2D eigenvalue weighted by Gasteiger charge is -2.17. The second-order valence-electron chi connectivity index (χ2n) is 7.66. The van der Waals surface area contributed by atoms with Crippen molar-refractivity contribution >= 4 is 17.5 Å². The molecule has 0 aliphatic carbocycles. The Bertz CT molecular complexity index is 873. The van der Waals surface area contributed by atoms with E-state index in [0.29, 0.717) is 48.6 Å². The molecule has 0 saturated carbocycles. The summed E-state index contributed by atoms with van der Waals surface area (Å²) in [5.74, 6) is 0.914. The summed E-state index contributed by atoms with van der Waals surface area (Å²) in [6.45, 7) is 7.94. The molecule has 2 aromatic rings. The zero-order chi connectivity index (χ0) is 20.8. The van der Waals surface area contributed by atoms with Crippen molar-refractivity contribution in [3.05, 3.63) is 41.5 Å². The molecule has 0 fully saturated rings. The van der Waals surface area contributed by atoms with E-state index in [2.05, 4.69) is 29.5 Å². The van der Waals surface area contributed by atoms with Crippen molar-refractivity contribution in [3.8, 4) is 5.75 Å². The van der Waals surface area contributed by atoms with Gasteiger partial charge in [0.1, 0.15) is 5.75 Å². The summed E-state index contributed by atoms with van der Waals surface area (Å²) in [5.41, 5.74) is 1.75. The Morgan fingerprint density at radius 3 is 2.76 bits per heavy atom. The lowest BCUT2D eigenvalue weighted by atomic mass is 10.1. The molecule has 1 aliphatic rings. The third-order valence-corrected chi connectivity index (χ3v) is 4.98. The summed E-state index contributed by atoms with van der Waals surface area (Å²) < 4.78 is 7.49. The molecule has 1 aromatic carbocycles. The number of nitrogens with zero attached hydrogens (tertiary/aromatic N) is 2. The van der Waals surface area contributed by atoms with Crippen LogP contribution in [0.15, 0.2) is 24.3 Å². The number of hydrogen-bond acceptors (Lipinski definition) is 4. The van der Waals surface area contributed by atoms with E-state index >= 15 is 0 Å². The fourth-order valence-electron chi connectivity index (χ4n) is 3.48. The molecule has 2 heterocycles. The van der Waals surface area contributed by atoms with Gasteiger partial charge in [-0.1, -0.05) is 26.0 Å². The van der Waals surface area contributed by atoms with Gasteiger partial charge >= 0.3 is 0 Å². The van der Waals surface area contributed by atoms with Crippen LogP contribution < -0.4 is 15.4 Å². The number of aromatic nitrogens is 2.